The summed E-state index contributed by atoms with van der Waals surface area (Å²) in [6.07, 6.45) is -3.57. The van der Waals surface area contributed by atoms with Crippen LogP contribution in [0.5, 0.6) is 11.6 Å². The number of alkyl halides is 3. The average Bonchev–Trinajstić information content (AvgIpc) is 3.26. The standard InChI is InChI=1S/C25H22F3N5O3S/c1-14(34)29-24-32-22-19(5-2-6-20(22)37-24)36-21-12-18(15-7-9-16(10-8-15)25(26,27)28)30-23(31-21)33-11-3-4-17(35)13-33/h2,5-10,12,17,35H,3-4,11,13H2,1H3,(H,29,32,34). The highest BCUT2D eigenvalue weighted by molar-refractivity contribution is 7.22. The molecule has 2 N–H and O–H groups in total. The average molecular weight is 530 g/mol. The van der Waals surface area contributed by atoms with Crippen molar-refractivity contribution in [2.24, 2.45) is 0 Å². The molecule has 2 aromatic heterocycles. The Hall–Kier alpha value is -3.77. The number of halogens is 3. The van der Waals surface area contributed by atoms with Crippen molar-refractivity contribution in [2.75, 3.05) is 23.3 Å². The number of nitrogens with one attached hydrogen (secondary N) is 1. The van der Waals surface area contributed by atoms with Crippen molar-refractivity contribution in [3.8, 4) is 22.9 Å². The van der Waals surface area contributed by atoms with E-state index in [-0.39, 0.29) is 11.8 Å². The van der Waals surface area contributed by atoms with Crippen molar-refractivity contribution in [3.63, 3.8) is 0 Å². The molecule has 1 fully saturated rings. The Morgan fingerprint density at radius 1 is 1.16 bits per heavy atom. The van der Waals surface area contributed by atoms with E-state index in [2.05, 4.69) is 20.3 Å². The van der Waals surface area contributed by atoms with Gasteiger partial charge in [-0.25, -0.2) is 9.97 Å². The van der Waals surface area contributed by atoms with Gasteiger partial charge in [0, 0.05) is 31.6 Å². The number of fused-ring (bicyclic) bond motifs is 1. The number of thiazole rings is 1. The van der Waals surface area contributed by atoms with Crippen LogP contribution in [-0.4, -0.2) is 45.2 Å². The van der Waals surface area contributed by atoms with Crippen LogP contribution in [0.4, 0.5) is 24.3 Å². The molecule has 37 heavy (non-hydrogen) atoms. The number of benzene rings is 2. The van der Waals surface area contributed by atoms with E-state index >= 15 is 0 Å². The number of amides is 1. The van der Waals surface area contributed by atoms with Crippen LogP contribution in [0.1, 0.15) is 25.3 Å². The lowest BCUT2D eigenvalue weighted by Gasteiger charge is -2.30. The lowest BCUT2D eigenvalue weighted by Crippen LogP contribution is -2.39. The Bertz CT molecular complexity index is 1440. The number of carbonyl (C=O) groups excluding carboxylic acids is 1. The molecule has 192 valence electrons. The maximum atomic E-state index is 13.1. The van der Waals surface area contributed by atoms with E-state index < -0.39 is 17.8 Å². The summed E-state index contributed by atoms with van der Waals surface area (Å²) in [6.45, 7) is 2.35. The van der Waals surface area contributed by atoms with Crippen molar-refractivity contribution < 1.29 is 27.8 Å². The highest BCUT2D eigenvalue weighted by Crippen LogP contribution is 2.36. The molecule has 0 spiro atoms. The topological polar surface area (TPSA) is 100 Å². The zero-order chi connectivity index (χ0) is 26.2. The molecule has 1 aliphatic rings. The number of anilines is 2. The number of rotatable bonds is 5. The number of nitrogens with zero attached hydrogens (tertiary/aromatic N) is 4. The molecule has 0 saturated carbocycles. The molecule has 1 saturated heterocycles. The van der Waals surface area contributed by atoms with Gasteiger partial charge in [-0.15, -0.1) is 0 Å². The van der Waals surface area contributed by atoms with E-state index in [1.807, 2.05) is 11.0 Å². The summed E-state index contributed by atoms with van der Waals surface area (Å²) >= 11 is 1.30. The van der Waals surface area contributed by atoms with Gasteiger partial charge in [-0.3, -0.25) is 4.79 Å². The molecule has 1 atom stereocenters. The predicted octanol–water partition coefficient (Wildman–Crippen LogP) is 5.48. The lowest BCUT2D eigenvalue weighted by molar-refractivity contribution is -0.137. The molecular weight excluding hydrogens is 507 g/mol. The highest BCUT2D eigenvalue weighted by atomic mass is 32.1. The van der Waals surface area contributed by atoms with E-state index in [0.29, 0.717) is 53.1 Å². The molecule has 1 aliphatic heterocycles. The van der Waals surface area contributed by atoms with Gasteiger partial charge in [0.15, 0.2) is 10.9 Å². The van der Waals surface area contributed by atoms with Crippen LogP contribution in [0.15, 0.2) is 48.5 Å². The van der Waals surface area contributed by atoms with Gasteiger partial charge < -0.3 is 20.1 Å². The van der Waals surface area contributed by atoms with Crippen molar-refractivity contribution in [1.82, 2.24) is 15.0 Å². The van der Waals surface area contributed by atoms with Crippen molar-refractivity contribution in [1.29, 1.82) is 0 Å². The molecule has 1 amide bonds. The van der Waals surface area contributed by atoms with Gasteiger partial charge in [-0.1, -0.05) is 29.5 Å². The molecule has 2 aromatic carbocycles. The first-order valence-electron chi connectivity index (χ1n) is 11.5. The van der Waals surface area contributed by atoms with Crippen LogP contribution in [0, 0.1) is 0 Å². The fourth-order valence-electron chi connectivity index (χ4n) is 4.04. The number of aliphatic hydroxyl groups is 1. The molecule has 1 unspecified atom stereocenters. The number of piperidine rings is 1. The summed E-state index contributed by atoms with van der Waals surface area (Å²) in [5.41, 5.74) is 0.601. The molecule has 0 bridgehead atoms. The van der Waals surface area contributed by atoms with Gasteiger partial charge in [0.2, 0.25) is 17.7 Å². The molecule has 4 aromatic rings. The predicted molar refractivity (Wildman–Crippen MR) is 134 cm³/mol. The van der Waals surface area contributed by atoms with Gasteiger partial charge in [-0.2, -0.15) is 18.2 Å². The second-order valence-electron chi connectivity index (χ2n) is 8.61. The second-order valence-corrected chi connectivity index (χ2v) is 9.64. The quantitative estimate of drug-likeness (QED) is 0.353. The number of β-amino-alcohol motifs (C(OH)–C–C–N with tert-alkyl or cyclic N) is 1. The highest BCUT2D eigenvalue weighted by Gasteiger charge is 2.30. The third-order valence-electron chi connectivity index (χ3n) is 5.76. The van der Waals surface area contributed by atoms with Crippen molar-refractivity contribution >= 4 is 38.5 Å². The Balaban J connectivity index is 1.54. The molecule has 12 heteroatoms. The zero-order valence-electron chi connectivity index (χ0n) is 19.6. The van der Waals surface area contributed by atoms with E-state index in [4.69, 9.17) is 4.74 Å². The molecular formula is C25H22F3N5O3S. The van der Waals surface area contributed by atoms with Gasteiger partial charge in [0.25, 0.3) is 0 Å². The maximum Gasteiger partial charge on any atom is 0.416 e. The Labute approximate surface area is 213 Å². The Morgan fingerprint density at radius 2 is 1.95 bits per heavy atom. The third kappa shape index (κ3) is 5.65. The van der Waals surface area contributed by atoms with Gasteiger partial charge in [0.05, 0.1) is 22.1 Å². The van der Waals surface area contributed by atoms with E-state index in [1.54, 1.807) is 18.2 Å². The fraction of sp³-hybridized carbons (Fsp3) is 0.280. The first-order valence-corrected chi connectivity index (χ1v) is 12.3. The number of carbonyl (C=O) groups is 1. The first-order chi connectivity index (χ1) is 17.7. The number of hydrogen-bond donors (Lipinski definition) is 2. The van der Waals surface area contributed by atoms with Gasteiger partial charge in [0.1, 0.15) is 5.52 Å². The molecule has 8 nitrogen and oxygen atoms in total. The number of hydrogen-bond acceptors (Lipinski definition) is 8. The van der Waals surface area contributed by atoms with Crippen LogP contribution in [0.2, 0.25) is 0 Å². The SMILES string of the molecule is CC(=O)Nc1nc2c(Oc3cc(-c4ccc(C(F)(F)F)cc4)nc(N4CCCC(O)C4)n3)cccc2s1. The summed E-state index contributed by atoms with van der Waals surface area (Å²) in [5, 5.41) is 13.2. The fourth-order valence-corrected chi connectivity index (χ4v) is 4.97. The van der Waals surface area contributed by atoms with Crippen LogP contribution in [0.25, 0.3) is 21.5 Å². The zero-order valence-corrected chi connectivity index (χ0v) is 20.4. The van der Waals surface area contributed by atoms with Crippen LogP contribution >= 0.6 is 11.3 Å². The van der Waals surface area contributed by atoms with Crippen LogP contribution in [0.3, 0.4) is 0 Å². The largest absolute Gasteiger partial charge is 0.437 e. The van der Waals surface area contributed by atoms with E-state index in [1.165, 1.54) is 30.4 Å². The number of para-hydroxylation sites is 1. The lowest BCUT2D eigenvalue weighted by atomic mass is 10.1. The summed E-state index contributed by atoms with van der Waals surface area (Å²) in [5.74, 6) is 0.621. The third-order valence-corrected chi connectivity index (χ3v) is 6.69. The van der Waals surface area contributed by atoms with Gasteiger partial charge >= 0.3 is 6.18 Å². The number of aliphatic hydroxyl groups excluding tert-OH is 1. The second kappa shape index (κ2) is 9.94. The number of aromatic nitrogens is 3. The summed E-state index contributed by atoms with van der Waals surface area (Å²) in [4.78, 5) is 26.8. The minimum Gasteiger partial charge on any atom is -0.437 e. The molecule has 3 heterocycles. The Morgan fingerprint density at radius 3 is 2.65 bits per heavy atom. The minimum atomic E-state index is -4.45. The normalized spacial score (nSPS) is 16.1. The van der Waals surface area contributed by atoms with Gasteiger partial charge in [-0.05, 0) is 37.1 Å². The summed E-state index contributed by atoms with van der Waals surface area (Å²) < 4.78 is 46.1. The van der Waals surface area contributed by atoms with Crippen LogP contribution < -0.4 is 15.0 Å². The molecule has 5 rings (SSSR count). The van der Waals surface area contributed by atoms with E-state index in [0.717, 1.165) is 23.3 Å². The number of ether oxygens (including phenoxy) is 1. The van der Waals surface area contributed by atoms with Crippen LogP contribution in [-0.2, 0) is 11.0 Å². The first kappa shape index (κ1) is 24.9. The minimum absolute atomic E-state index is 0.168. The molecule has 0 radical (unpaired) electrons. The molecule has 0 aliphatic carbocycles. The monoisotopic (exact) mass is 529 g/mol. The Kier molecular flexibility index (Phi) is 6.69. The maximum absolute atomic E-state index is 13.1. The smallest absolute Gasteiger partial charge is 0.416 e. The van der Waals surface area contributed by atoms with Crippen molar-refractivity contribution in [3.05, 3.63) is 54.1 Å². The summed E-state index contributed by atoms with van der Waals surface area (Å²) in [6, 6.07) is 11.6. The summed E-state index contributed by atoms with van der Waals surface area (Å²) in [7, 11) is 0. The van der Waals surface area contributed by atoms with E-state index in [9.17, 15) is 23.1 Å². The van der Waals surface area contributed by atoms with Crippen molar-refractivity contribution in [2.45, 2.75) is 32.0 Å².